The van der Waals surface area contributed by atoms with Gasteiger partial charge in [-0.2, -0.15) is 5.26 Å². The molecule has 0 amide bonds. The minimum atomic E-state index is -0.275. The van der Waals surface area contributed by atoms with Crippen molar-refractivity contribution in [1.82, 2.24) is 14.4 Å². The molecule has 0 atom stereocenters. The second-order valence-electron chi connectivity index (χ2n) is 5.32. The van der Waals surface area contributed by atoms with E-state index in [9.17, 15) is 4.39 Å². The van der Waals surface area contributed by atoms with Crippen LogP contribution in [0.15, 0.2) is 29.0 Å². The molecule has 0 aliphatic carbocycles. The molecule has 4 rings (SSSR count). The molecule has 0 bridgehead atoms. The number of anilines is 1. The van der Waals surface area contributed by atoms with E-state index in [1.807, 2.05) is 6.07 Å². The van der Waals surface area contributed by atoms with Gasteiger partial charge in [0.25, 0.3) is 0 Å². The third-order valence-electron chi connectivity index (χ3n) is 3.93. The van der Waals surface area contributed by atoms with E-state index in [1.165, 1.54) is 6.07 Å². The maximum atomic E-state index is 14.2. The number of benzene rings is 1. The first-order valence-electron chi connectivity index (χ1n) is 7.28. The zero-order valence-electron chi connectivity index (χ0n) is 12.4. The van der Waals surface area contributed by atoms with Gasteiger partial charge in [-0.15, -0.1) is 0 Å². The van der Waals surface area contributed by atoms with Gasteiger partial charge in [-0.1, -0.05) is 0 Å². The van der Waals surface area contributed by atoms with E-state index in [1.54, 1.807) is 22.9 Å². The molecule has 1 aromatic carbocycles. The lowest BCUT2D eigenvalue weighted by Gasteiger charge is -2.12. The van der Waals surface area contributed by atoms with Crippen molar-refractivity contribution in [2.75, 3.05) is 11.9 Å². The van der Waals surface area contributed by atoms with Crippen molar-refractivity contribution in [3.63, 3.8) is 0 Å². The number of ether oxygens (including phenoxy) is 1. The van der Waals surface area contributed by atoms with Crippen LogP contribution in [0.1, 0.15) is 16.8 Å². The van der Waals surface area contributed by atoms with E-state index in [0.717, 1.165) is 11.3 Å². The van der Waals surface area contributed by atoms with Crippen LogP contribution >= 0.6 is 15.9 Å². The number of nitriles is 1. The Balaban J connectivity index is 1.69. The lowest BCUT2D eigenvalue weighted by molar-refractivity contribution is 0.356. The van der Waals surface area contributed by atoms with Crippen molar-refractivity contribution in [2.45, 2.75) is 13.0 Å². The van der Waals surface area contributed by atoms with Crippen molar-refractivity contribution in [3.8, 4) is 11.8 Å². The molecule has 0 spiro atoms. The van der Waals surface area contributed by atoms with Crippen molar-refractivity contribution < 1.29 is 9.13 Å². The van der Waals surface area contributed by atoms with E-state index in [2.05, 4.69) is 31.2 Å². The molecule has 0 saturated heterocycles. The van der Waals surface area contributed by atoms with Crippen LogP contribution in [-0.2, 0) is 13.0 Å². The summed E-state index contributed by atoms with van der Waals surface area (Å²) in [5, 5.41) is 12.2. The van der Waals surface area contributed by atoms with E-state index < -0.39 is 0 Å². The molecule has 6 nitrogen and oxygen atoms in total. The number of fused-ring (bicyclic) bond motifs is 2. The van der Waals surface area contributed by atoms with Crippen LogP contribution < -0.4 is 10.1 Å². The third kappa shape index (κ3) is 2.37. The number of hydrogen-bond acceptors (Lipinski definition) is 5. The van der Waals surface area contributed by atoms with Gasteiger partial charge < -0.3 is 10.1 Å². The van der Waals surface area contributed by atoms with E-state index >= 15 is 0 Å². The highest BCUT2D eigenvalue weighted by Gasteiger charge is 2.20. The van der Waals surface area contributed by atoms with Crippen LogP contribution in [0.3, 0.4) is 0 Å². The molecule has 0 fully saturated rings. The first-order chi connectivity index (χ1) is 11.7. The summed E-state index contributed by atoms with van der Waals surface area (Å²) < 4.78 is 22.0. The van der Waals surface area contributed by atoms with Crippen LogP contribution in [0, 0.1) is 17.1 Å². The minimum Gasteiger partial charge on any atom is -0.493 e. The van der Waals surface area contributed by atoms with E-state index in [0.29, 0.717) is 34.7 Å². The molecule has 24 heavy (non-hydrogen) atoms. The number of nitrogens with zero attached hydrogens (tertiary/aromatic N) is 4. The average Bonchev–Trinajstić information content (AvgIpc) is 3.22. The van der Waals surface area contributed by atoms with Crippen LogP contribution in [0.25, 0.3) is 5.65 Å². The predicted octanol–water partition coefficient (Wildman–Crippen LogP) is 3.05. The number of imidazole rings is 1. The average molecular weight is 388 g/mol. The number of nitrogens with one attached hydrogen (secondary N) is 1. The summed E-state index contributed by atoms with van der Waals surface area (Å²) in [4.78, 5) is 8.50. The van der Waals surface area contributed by atoms with Gasteiger partial charge in [0, 0.05) is 30.3 Å². The van der Waals surface area contributed by atoms with Crippen LogP contribution in [0.5, 0.6) is 5.75 Å². The Hall–Kier alpha value is -2.66. The molecule has 1 aliphatic rings. The molecule has 0 radical (unpaired) electrons. The zero-order valence-corrected chi connectivity index (χ0v) is 14.0. The Morgan fingerprint density at radius 1 is 1.46 bits per heavy atom. The monoisotopic (exact) mass is 387 g/mol. The predicted molar refractivity (Wildman–Crippen MR) is 88.3 cm³/mol. The van der Waals surface area contributed by atoms with E-state index in [4.69, 9.17) is 10.00 Å². The van der Waals surface area contributed by atoms with Gasteiger partial charge in [-0.05, 0) is 28.1 Å². The summed E-state index contributed by atoms with van der Waals surface area (Å²) in [6.45, 7) is 0.835. The highest BCUT2D eigenvalue weighted by molar-refractivity contribution is 9.10. The second-order valence-corrected chi connectivity index (χ2v) is 6.17. The number of hydrogen-bond donors (Lipinski definition) is 1. The van der Waals surface area contributed by atoms with E-state index in [-0.39, 0.29) is 18.1 Å². The summed E-state index contributed by atoms with van der Waals surface area (Å²) in [5.41, 5.74) is 2.32. The smallest absolute Gasteiger partial charge is 0.209 e. The number of halogens is 2. The standard InChI is InChI=1S/C16H11BrFN5O/c17-12-7-21-16(23-8-9(5-19)22-15(12)23)20-6-11-10-3-4-24-14(10)2-1-13(11)18/h1-2,7-8H,3-4,6H2,(H,20,21). The van der Waals surface area contributed by atoms with Crippen LogP contribution in [0.2, 0.25) is 0 Å². The van der Waals surface area contributed by atoms with Gasteiger partial charge in [0.1, 0.15) is 17.6 Å². The highest BCUT2D eigenvalue weighted by atomic mass is 79.9. The lowest BCUT2D eigenvalue weighted by Crippen LogP contribution is -2.09. The molecular formula is C16H11BrFN5O. The fourth-order valence-corrected chi connectivity index (χ4v) is 3.19. The zero-order chi connectivity index (χ0) is 16.7. The molecule has 3 heterocycles. The molecule has 120 valence electrons. The molecule has 8 heteroatoms. The largest absolute Gasteiger partial charge is 0.493 e. The van der Waals surface area contributed by atoms with Gasteiger partial charge in [0.2, 0.25) is 5.95 Å². The molecular weight excluding hydrogens is 377 g/mol. The topological polar surface area (TPSA) is 75.2 Å². The Labute approximate surface area is 145 Å². The lowest BCUT2D eigenvalue weighted by atomic mass is 10.0. The highest BCUT2D eigenvalue weighted by Crippen LogP contribution is 2.30. The van der Waals surface area contributed by atoms with Gasteiger partial charge in [0.15, 0.2) is 11.3 Å². The maximum absolute atomic E-state index is 14.2. The Kier molecular flexibility index (Phi) is 3.58. The number of aromatic nitrogens is 3. The Morgan fingerprint density at radius 2 is 2.33 bits per heavy atom. The van der Waals surface area contributed by atoms with Crippen LogP contribution in [0.4, 0.5) is 10.3 Å². The first kappa shape index (κ1) is 14.9. The first-order valence-corrected chi connectivity index (χ1v) is 8.07. The third-order valence-corrected chi connectivity index (χ3v) is 4.49. The molecule has 1 N–H and O–H groups in total. The molecule has 1 aliphatic heterocycles. The Bertz CT molecular complexity index is 994. The summed E-state index contributed by atoms with van der Waals surface area (Å²) in [6.07, 6.45) is 3.88. The quantitative estimate of drug-likeness (QED) is 0.747. The van der Waals surface area contributed by atoms with Gasteiger partial charge in [0.05, 0.1) is 17.3 Å². The Morgan fingerprint density at radius 3 is 3.17 bits per heavy atom. The molecule has 3 aromatic rings. The van der Waals surface area contributed by atoms with Crippen molar-refractivity contribution in [3.05, 3.63) is 51.6 Å². The fourth-order valence-electron chi connectivity index (χ4n) is 2.81. The van der Waals surface area contributed by atoms with Gasteiger partial charge >= 0.3 is 0 Å². The maximum Gasteiger partial charge on any atom is 0.209 e. The summed E-state index contributed by atoms with van der Waals surface area (Å²) in [7, 11) is 0. The second kappa shape index (κ2) is 5.76. The molecule has 0 saturated carbocycles. The minimum absolute atomic E-state index is 0.266. The summed E-state index contributed by atoms with van der Waals surface area (Å²) in [6, 6.07) is 5.08. The normalized spacial score (nSPS) is 12.7. The molecule has 2 aromatic heterocycles. The van der Waals surface area contributed by atoms with Crippen molar-refractivity contribution >= 4 is 27.5 Å². The van der Waals surface area contributed by atoms with Crippen molar-refractivity contribution in [2.24, 2.45) is 0 Å². The van der Waals surface area contributed by atoms with Gasteiger partial charge in [-0.3, -0.25) is 4.40 Å². The van der Waals surface area contributed by atoms with Crippen LogP contribution in [-0.4, -0.2) is 21.0 Å². The number of rotatable bonds is 3. The molecule has 0 unspecified atom stereocenters. The SMILES string of the molecule is N#Cc1cn2c(NCc3c(F)ccc4c3CCO4)ncc(Br)c2n1. The summed E-state index contributed by atoms with van der Waals surface area (Å²) in [5.74, 6) is 0.943. The fraction of sp³-hybridized carbons (Fsp3) is 0.188. The van der Waals surface area contributed by atoms with Gasteiger partial charge in [-0.25, -0.2) is 14.4 Å². The van der Waals surface area contributed by atoms with Crippen molar-refractivity contribution in [1.29, 1.82) is 5.26 Å². The summed E-state index contributed by atoms with van der Waals surface area (Å²) >= 11 is 3.36.